The molecular formula is C18H17BrO2. The van der Waals surface area contributed by atoms with Crippen LogP contribution in [0.15, 0.2) is 53.0 Å². The van der Waals surface area contributed by atoms with Gasteiger partial charge in [-0.3, -0.25) is 4.79 Å². The summed E-state index contributed by atoms with van der Waals surface area (Å²) in [6, 6.07) is 16.2. The van der Waals surface area contributed by atoms with Crippen molar-refractivity contribution in [3.8, 4) is 0 Å². The summed E-state index contributed by atoms with van der Waals surface area (Å²) in [5, 5.41) is 9.53. The van der Waals surface area contributed by atoms with E-state index in [2.05, 4.69) is 28.1 Å². The second-order valence-electron chi connectivity index (χ2n) is 5.67. The summed E-state index contributed by atoms with van der Waals surface area (Å²) in [5.41, 5.74) is 3.76. The van der Waals surface area contributed by atoms with Gasteiger partial charge in [0.2, 0.25) is 0 Å². The molecule has 21 heavy (non-hydrogen) atoms. The van der Waals surface area contributed by atoms with Crippen molar-refractivity contribution in [2.45, 2.75) is 25.2 Å². The Morgan fingerprint density at radius 2 is 1.90 bits per heavy atom. The topological polar surface area (TPSA) is 37.3 Å². The van der Waals surface area contributed by atoms with E-state index in [0.717, 1.165) is 16.5 Å². The maximum atomic E-state index is 11.6. The summed E-state index contributed by atoms with van der Waals surface area (Å²) in [4.78, 5) is 11.6. The van der Waals surface area contributed by atoms with Gasteiger partial charge in [0.25, 0.3) is 0 Å². The average Bonchev–Trinajstić information content (AvgIpc) is 2.45. The number of fused-ring (bicyclic) bond motifs is 1. The van der Waals surface area contributed by atoms with Crippen molar-refractivity contribution in [2.24, 2.45) is 5.92 Å². The third-order valence-corrected chi connectivity index (χ3v) is 5.08. The fourth-order valence-corrected chi connectivity index (χ4v) is 3.56. The van der Waals surface area contributed by atoms with Crippen LogP contribution in [0.4, 0.5) is 0 Å². The lowest BCUT2D eigenvalue weighted by Crippen LogP contribution is -2.25. The van der Waals surface area contributed by atoms with Gasteiger partial charge in [0.05, 0.1) is 5.92 Å². The van der Waals surface area contributed by atoms with E-state index in [1.807, 2.05) is 36.4 Å². The molecule has 3 heteroatoms. The Balaban J connectivity index is 1.72. The molecule has 0 heterocycles. The van der Waals surface area contributed by atoms with Gasteiger partial charge in [0.15, 0.2) is 0 Å². The van der Waals surface area contributed by atoms with E-state index in [9.17, 15) is 9.90 Å². The Labute approximate surface area is 132 Å². The molecule has 0 saturated carbocycles. The van der Waals surface area contributed by atoms with E-state index in [-0.39, 0.29) is 5.92 Å². The molecule has 2 aromatic carbocycles. The normalized spacial score (nSPS) is 17.7. The number of hydrogen-bond acceptors (Lipinski definition) is 1. The Morgan fingerprint density at radius 3 is 2.62 bits per heavy atom. The Hall–Kier alpha value is -1.61. The largest absolute Gasteiger partial charge is 0.481 e. The SMILES string of the molecule is O=C(O)C(Cc1ccccc1Br)CC1Cc2ccccc21. The molecule has 2 aromatic rings. The third kappa shape index (κ3) is 3.03. The molecule has 0 aliphatic heterocycles. The van der Waals surface area contributed by atoms with Gasteiger partial charge in [-0.1, -0.05) is 58.4 Å². The van der Waals surface area contributed by atoms with Crippen LogP contribution in [0, 0.1) is 5.92 Å². The predicted octanol–water partition coefficient (Wildman–Crippen LogP) is 4.42. The first-order chi connectivity index (χ1) is 10.1. The maximum absolute atomic E-state index is 11.6. The standard InChI is InChI=1S/C18H17BrO2/c19-17-8-4-2-6-13(17)10-15(18(20)21)11-14-9-12-5-1-3-7-16(12)14/h1-8,14-15H,9-11H2,(H,20,21). The second-order valence-corrected chi connectivity index (χ2v) is 6.52. The minimum absolute atomic E-state index is 0.331. The molecule has 2 unspecified atom stereocenters. The van der Waals surface area contributed by atoms with Crippen molar-refractivity contribution in [2.75, 3.05) is 0 Å². The van der Waals surface area contributed by atoms with Gasteiger partial charge in [0, 0.05) is 4.47 Å². The molecule has 0 amide bonds. The molecule has 0 fully saturated rings. The molecule has 3 rings (SSSR count). The van der Waals surface area contributed by atoms with Crippen molar-refractivity contribution in [1.29, 1.82) is 0 Å². The number of carboxylic acids is 1. The van der Waals surface area contributed by atoms with Crippen LogP contribution in [0.1, 0.15) is 29.0 Å². The van der Waals surface area contributed by atoms with E-state index in [0.29, 0.717) is 18.8 Å². The minimum Gasteiger partial charge on any atom is -0.481 e. The molecule has 2 atom stereocenters. The van der Waals surface area contributed by atoms with E-state index in [1.165, 1.54) is 11.1 Å². The lowest BCUT2D eigenvalue weighted by Gasteiger charge is -2.32. The summed E-state index contributed by atoms with van der Waals surface area (Å²) in [6.07, 6.45) is 2.30. The summed E-state index contributed by atoms with van der Waals surface area (Å²) in [7, 11) is 0. The van der Waals surface area contributed by atoms with Crippen LogP contribution < -0.4 is 0 Å². The average molecular weight is 345 g/mol. The van der Waals surface area contributed by atoms with Gasteiger partial charge < -0.3 is 5.11 Å². The molecule has 1 aliphatic rings. The lowest BCUT2D eigenvalue weighted by atomic mass is 9.72. The second kappa shape index (κ2) is 6.02. The smallest absolute Gasteiger partial charge is 0.306 e. The Kier molecular flexibility index (Phi) is 4.11. The zero-order valence-electron chi connectivity index (χ0n) is 11.6. The van der Waals surface area contributed by atoms with Crippen LogP contribution in [0.2, 0.25) is 0 Å². The molecular weight excluding hydrogens is 328 g/mol. The molecule has 1 N–H and O–H groups in total. The van der Waals surface area contributed by atoms with Gasteiger partial charge in [0.1, 0.15) is 0 Å². The highest BCUT2D eigenvalue weighted by Crippen LogP contribution is 2.40. The lowest BCUT2D eigenvalue weighted by molar-refractivity contribution is -0.142. The number of hydrogen-bond donors (Lipinski definition) is 1. The number of rotatable bonds is 5. The number of halogens is 1. The van der Waals surface area contributed by atoms with Crippen molar-refractivity contribution in [1.82, 2.24) is 0 Å². The number of aliphatic carboxylic acids is 1. The van der Waals surface area contributed by atoms with Crippen LogP contribution >= 0.6 is 15.9 Å². The van der Waals surface area contributed by atoms with Gasteiger partial charge >= 0.3 is 5.97 Å². The van der Waals surface area contributed by atoms with Crippen molar-refractivity contribution in [3.05, 3.63) is 69.7 Å². The van der Waals surface area contributed by atoms with Crippen LogP contribution in [0.25, 0.3) is 0 Å². The van der Waals surface area contributed by atoms with Crippen molar-refractivity contribution in [3.63, 3.8) is 0 Å². The van der Waals surface area contributed by atoms with E-state index in [4.69, 9.17) is 0 Å². The highest BCUT2D eigenvalue weighted by atomic mass is 79.9. The summed E-state index contributed by atoms with van der Waals surface area (Å²) in [6.45, 7) is 0. The highest BCUT2D eigenvalue weighted by molar-refractivity contribution is 9.10. The van der Waals surface area contributed by atoms with Gasteiger partial charge in [-0.2, -0.15) is 0 Å². The molecule has 0 aromatic heterocycles. The Bertz CT molecular complexity index is 666. The molecule has 0 spiro atoms. The van der Waals surface area contributed by atoms with Gasteiger partial charge in [-0.15, -0.1) is 0 Å². The summed E-state index contributed by atoms with van der Waals surface area (Å²) < 4.78 is 0.991. The van der Waals surface area contributed by atoms with E-state index >= 15 is 0 Å². The third-order valence-electron chi connectivity index (χ3n) is 4.30. The van der Waals surface area contributed by atoms with Crippen molar-refractivity contribution >= 4 is 21.9 Å². The Morgan fingerprint density at radius 1 is 1.19 bits per heavy atom. The molecule has 108 valence electrons. The number of carboxylic acid groups (broad SMARTS) is 1. The first-order valence-electron chi connectivity index (χ1n) is 7.19. The van der Waals surface area contributed by atoms with Crippen LogP contribution in [0.5, 0.6) is 0 Å². The van der Waals surface area contributed by atoms with Gasteiger partial charge in [-0.05, 0) is 47.9 Å². The monoisotopic (exact) mass is 344 g/mol. The quantitative estimate of drug-likeness (QED) is 0.871. The summed E-state index contributed by atoms with van der Waals surface area (Å²) in [5.74, 6) is -0.637. The number of benzene rings is 2. The van der Waals surface area contributed by atoms with Crippen LogP contribution in [0.3, 0.4) is 0 Å². The fourth-order valence-electron chi connectivity index (χ4n) is 3.12. The van der Waals surface area contributed by atoms with E-state index in [1.54, 1.807) is 0 Å². The fraction of sp³-hybridized carbons (Fsp3) is 0.278. The van der Waals surface area contributed by atoms with Crippen LogP contribution in [-0.4, -0.2) is 11.1 Å². The molecule has 0 radical (unpaired) electrons. The summed E-state index contributed by atoms with van der Waals surface area (Å²) >= 11 is 3.50. The van der Waals surface area contributed by atoms with Crippen molar-refractivity contribution < 1.29 is 9.90 Å². The first-order valence-corrected chi connectivity index (χ1v) is 7.98. The molecule has 0 bridgehead atoms. The maximum Gasteiger partial charge on any atom is 0.306 e. The van der Waals surface area contributed by atoms with Gasteiger partial charge in [-0.25, -0.2) is 0 Å². The molecule has 2 nitrogen and oxygen atoms in total. The first kappa shape index (κ1) is 14.3. The molecule has 1 aliphatic carbocycles. The van der Waals surface area contributed by atoms with Crippen LogP contribution in [-0.2, 0) is 17.6 Å². The number of carbonyl (C=O) groups is 1. The zero-order chi connectivity index (χ0) is 14.8. The molecule has 0 saturated heterocycles. The minimum atomic E-state index is -0.699. The predicted molar refractivity (Wildman–Crippen MR) is 86.5 cm³/mol. The van der Waals surface area contributed by atoms with E-state index < -0.39 is 5.97 Å². The highest BCUT2D eigenvalue weighted by Gasteiger charge is 2.31. The zero-order valence-corrected chi connectivity index (χ0v) is 13.2.